The number of imidazole rings is 1. The van der Waals surface area contributed by atoms with Crippen LogP contribution >= 0.6 is 11.6 Å². The molecule has 0 amide bonds. The fourth-order valence-electron chi connectivity index (χ4n) is 2.05. The molecule has 4 heteroatoms. The lowest BCUT2D eigenvalue weighted by Gasteiger charge is -2.27. The van der Waals surface area contributed by atoms with Gasteiger partial charge in [-0.05, 0) is 44.5 Å². The first kappa shape index (κ1) is 14.1. The van der Waals surface area contributed by atoms with E-state index >= 15 is 0 Å². The quantitative estimate of drug-likeness (QED) is 0.821. The van der Waals surface area contributed by atoms with Crippen LogP contribution in [0.25, 0.3) is 0 Å². The second-order valence-corrected chi connectivity index (χ2v) is 5.65. The van der Waals surface area contributed by atoms with E-state index < -0.39 is 0 Å². The van der Waals surface area contributed by atoms with Crippen molar-refractivity contribution in [3.8, 4) is 0 Å². The van der Waals surface area contributed by atoms with E-state index in [0.717, 1.165) is 24.5 Å². The summed E-state index contributed by atoms with van der Waals surface area (Å²) < 4.78 is 2.09. The summed E-state index contributed by atoms with van der Waals surface area (Å²) in [6, 6.07) is 8.02. The van der Waals surface area contributed by atoms with Crippen LogP contribution in [-0.4, -0.2) is 16.1 Å². The molecule has 19 heavy (non-hydrogen) atoms. The normalized spacial score (nSPS) is 11.7. The summed E-state index contributed by atoms with van der Waals surface area (Å²) in [7, 11) is 0. The van der Waals surface area contributed by atoms with Crippen LogP contribution in [0.1, 0.15) is 25.8 Å². The molecule has 3 nitrogen and oxygen atoms in total. The van der Waals surface area contributed by atoms with E-state index in [0.29, 0.717) is 0 Å². The zero-order valence-electron chi connectivity index (χ0n) is 11.4. The molecule has 2 aromatic rings. The molecule has 0 aliphatic heterocycles. The highest BCUT2D eigenvalue weighted by molar-refractivity contribution is 6.30. The minimum Gasteiger partial charge on any atom is -0.337 e. The van der Waals surface area contributed by atoms with Crippen LogP contribution in [0.2, 0.25) is 5.02 Å². The van der Waals surface area contributed by atoms with Crippen LogP contribution < -0.4 is 5.32 Å². The van der Waals surface area contributed by atoms with E-state index in [1.165, 1.54) is 5.56 Å². The molecule has 0 fully saturated rings. The Balaban J connectivity index is 1.82. The van der Waals surface area contributed by atoms with Crippen LogP contribution in [0, 0.1) is 0 Å². The summed E-state index contributed by atoms with van der Waals surface area (Å²) in [5, 5.41) is 4.36. The largest absolute Gasteiger partial charge is 0.337 e. The number of hydrogen-bond acceptors (Lipinski definition) is 2. The number of benzene rings is 1. The number of aromatic nitrogens is 2. The van der Waals surface area contributed by atoms with E-state index in [4.69, 9.17) is 11.6 Å². The van der Waals surface area contributed by atoms with Crippen molar-refractivity contribution in [2.45, 2.75) is 32.4 Å². The Morgan fingerprint density at radius 2 is 2.00 bits per heavy atom. The van der Waals surface area contributed by atoms with E-state index in [2.05, 4.69) is 40.8 Å². The average molecular weight is 280 g/mol. The molecule has 2 rings (SSSR count). The first-order valence-corrected chi connectivity index (χ1v) is 6.92. The molecule has 1 aromatic heterocycles. The molecule has 102 valence electrons. The van der Waals surface area contributed by atoms with Gasteiger partial charge >= 0.3 is 0 Å². The van der Waals surface area contributed by atoms with Crippen molar-refractivity contribution in [2.24, 2.45) is 0 Å². The maximum absolute atomic E-state index is 5.92. The molecule has 0 aliphatic carbocycles. The van der Waals surface area contributed by atoms with Gasteiger partial charge in [0.15, 0.2) is 0 Å². The zero-order valence-corrected chi connectivity index (χ0v) is 12.2. The summed E-state index contributed by atoms with van der Waals surface area (Å²) in [6.45, 7) is 6.33. The number of halogens is 1. The SMILES string of the molecule is C[14C](C)(NCCCn1ccnc1)c1ccc(Cl)cc1. The second-order valence-electron chi connectivity index (χ2n) is 5.21. The Kier molecular flexibility index (Phi) is 4.61. The van der Waals surface area contributed by atoms with E-state index in [1.807, 2.05) is 30.9 Å². The van der Waals surface area contributed by atoms with Gasteiger partial charge in [-0.15, -0.1) is 0 Å². The number of nitrogens with one attached hydrogen (secondary N) is 1. The van der Waals surface area contributed by atoms with Crippen LogP contribution in [-0.2, 0) is 12.1 Å². The van der Waals surface area contributed by atoms with Gasteiger partial charge in [-0.2, -0.15) is 0 Å². The Bertz CT molecular complexity index is 489. The summed E-state index contributed by atoms with van der Waals surface area (Å²) in [6.07, 6.45) is 6.73. The summed E-state index contributed by atoms with van der Waals surface area (Å²) in [5.41, 5.74) is 1.21. The molecule has 1 aromatic carbocycles. The van der Waals surface area contributed by atoms with Crippen LogP contribution in [0.15, 0.2) is 43.0 Å². The third-order valence-electron chi connectivity index (χ3n) is 3.29. The smallest absolute Gasteiger partial charge is 0.0945 e. The fraction of sp³-hybridized carbons (Fsp3) is 0.400. The Labute approximate surface area is 119 Å². The van der Waals surface area contributed by atoms with Gasteiger partial charge in [0.25, 0.3) is 0 Å². The summed E-state index contributed by atoms with van der Waals surface area (Å²) >= 11 is 5.92. The molecule has 0 bridgehead atoms. The molecule has 1 N–H and O–H groups in total. The second kappa shape index (κ2) is 6.22. The monoisotopic (exact) mass is 279 g/mol. The van der Waals surface area contributed by atoms with Crippen LogP contribution in [0.3, 0.4) is 0 Å². The highest BCUT2D eigenvalue weighted by atomic mass is 35.5. The molecular formula is C15H20ClN3. The zero-order chi connectivity index (χ0) is 13.7. The molecule has 0 saturated heterocycles. The third kappa shape index (κ3) is 4.08. The predicted octanol–water partition coefficient (Wildman–Crippen LogP) is 3.45. The number of hydrogen-bond donors (Lipinski definition) is 1. The topological polar surface area (TPSA) is 29.9 Å². The molecule has 0 atom stereocenters. The average Bonchev–Trinajstić information content (AvgIpc) is 2.88. The first-order chi connectivity index (χ1) is 9.08. The van der Waals surface area contributed by atoms with Crippen molar-refractivity contribution in [3.05, 3.63) is 53.6 Å². The Morgan fingerprint density at radius 1 is 1.26 bits per heavy atom. The maximum atomic E-state index is 5.92. The molecule has 1 heterocycles. The lowest BCUT2D eigenvalue weighted by molar-refractivity contribution is 0.393. The lowest BCUT2D eigenvalue weighted by atomic mass is 10.3. The highest BCUT2D eigenvalue weighted by Crippen LogP contribution is 2.21. The van der Waals surface area contributed by atoms with Gasteiger partial charge in [0, 0.05) is 29.5 Å². The lowest BCUT2D eigenvalue weighted by Crippen LogP contribution is -2.37. The number of rotatable bonds is 6. The molecule has 0 unspecified atom stereocenters. The molecule has 0 saturated carbocycles. The summed E-state index contributed by atoms with van der Waals surface area (Å²) in [4.78, 5) is 4.04. The minimum absolute atomic E-state index is 0.0421. The molecular weight excluding hydrogens is 260 g/mol. The summed E-state index contributed by atoms with van der Waals surface area (Å²) in [5.74, 6) is 0. The fourth-order valence-corrected chi connectivity index (χ4v) is 2.18. The number of nitrogens with zero attached hydrogens (tertiary/aromatic N) is 2. The first-order valence-electron chi connectivity index (χ1n) is 6.55. The predicted molar refractivity (Wildman–Crippen MR) is 79.3 cm³/mol. The van der Waals surface area contributed by atoms with Crippen LogP contribution in [0.5, 0.6) is 0 Å². The Morgan fingerprint density at radius 3 is 2.63 bits per heavy atom. The highest BCUT2D eigenvalue weighted by Gasteiger charge is 2.18. The minimum atomic E-state index is -0.0421. The van der Waals surface area contributed by atoms with Crippen molar-refractivity contribution in [3.63, 3.8) is 0 Å². The molecule has 0 spiro atoms. The van der Waals surface area contributed by atoms with Gasteiger partial charge in [0.05, 0.1) is 6.33 Å². The van der Waals surface area contributed by atoms with E-state index in [-0.39, 0.29) is 5.54 Å². The van der Waals surface area contributed by atoms with Crippen molar-refractivity contribution in [1.29, 1.82) is 0 Å². The Hall–Kier alpha value is -1.32. The van der Waals surface area contributed by atoms with Crippen molar-refractivity contribution in [2.75, 3.05) is 6.54 Å². The van der Waals surface area contributed by atoms with Gasteiger partial charge < -0.3 is 9.88 Å². The molecule has 0 radical (unpaired) electrons. The van der Waals surface area contributed by atoms with E-state index in [1.54, 1.807) is 0 Å². The van der Waals surface area contributed by atoms with Crippen molar-refractivity contribution < 1.29 is 0 Å². The van der Waals surface area contributed by atoms with Gasteiger partial charge in [0.2, 0.25) is 0 Å². The maximum Gasteiger partial charge on any atom is 0.0945 e. The van der Waals surface area contributed by atoms with Gasteiger partial charge in [-0.25, -0.2) is 4.98 Å². The number of aryl methyl sites for hydroxylation is 1. The standard InChI is InChI=1S/C15H20ClN3/c1-15(2,13-4-6-14(16)7-5-13)18-8-3-10-19-11-9-17-12-19/h4-7,9,11-12,18H,3,8,10H2,1-2H3/i15+2. The van der Waals surface area contributed by atoms with Crippen molar-refractivity contribution in [1.82, 2.24) is 14.9 Å². The van der Waals surface area contributed by atoms with Gasteiger partial charge in [-0.1, -0.05) is 23.7 Å². The third-order valence-corrected chi connectivity index (χ3v) is 3.54. The van der Waals surface area contributed by atoms with Gasteiger partial charge in [0.1, 0.15) is 0 Å². The molecule has 0 aliphatic rings. The van der Waals surface area contributed by atoms with Crippen molar-refractivity contribution >= 4 is 11.6 Å². The van der Waals surface area contributed by atoms with Crippen LogP contribution in [0.4, 0.5) is 0 Å². The van der Waals surface area contributed by atoms with Gasteiger partial charge in [-0.3, -0.25) is 0 Å². The van der Waals surface area contributed by atoms with E-state index in [9.17, 15) is 0 Å².